The van der Waals surface area contributed by atoms with E-state index in [1.54, 1.807) is 12.1 Å². The molecule has 6 nitrogen and oxygen atoms in total. The molecule has 1 aliphatic heterocycles. The normalized spacial score (nSPS) is 16.3. The van der Waals surface area contributed by atoms with Crippen molar-refractivity contribution in [2.24, 2.45) is 5.92 Å². The highest BCUT2D eigenvalue weighted by Crippen LogP contribution is 2.34. The lowest BCUT2D eigenvalue weighted by Gasteiger charge is -2.24. The van der Waals surface area contributed by atoms with Crippen LogP contribution in [0.4, 0.5) is 5.69 Å². The zero-order valence-electron chi connectivity index (χ0n) is 18.6. The van der Waals surface area contributed by atoms with Crippen LogP contribution in [0.1, 0.15) is 24.0 Å². The summed E-state index contributed by atoms with van der Waals surface area (Å²) < 4.78 is 33.8. The summed E-state index contributed by atoms with van der Waals surface area (Å²) in [4.78, 5) is 15.0. The molecule has 0 atom stereocenters. The van der Waals surface area contributed by atoms with Crippen LogP contribution in [-0.2, 0) is 27.9 Å². The maximum Gasteiger partial charge on any atom is 0.243 e. The van der Waals surface area contributed by atoms with E-state index in [0.29, 0.717) is 17.3 Å². The van der Waals surface area contributed by atoms with Gasteiger partial charge in [0.05, 0.1) is 11.4 Å². The average Bonchev–Trinajstić information content (AvgIpc) is 3.70. The monoisotopic (exact) mass is 496 g/mol. The summed E-state index contributed by atoms with van der Waals surface area (Å²) in [6.07, 6.45) is 1.86. The summed E-state index contributed by atoms with van der Waals surface area (Å²) in [7, 11) is -3.71. The first-order valence-electron chi connectivity index (χ1n) is 11.3. The van der Waals surface area contributed by atoms with Gasteiger partial charge in [-0.1, -0.05) is 35.9 Å². The van der Waals surface area contributed by atoms with Gasteiger partial charge in [-0.05, 0) is 66.9 Å². The highest BCUT2D eigenvalue weighted by Gasteiger charge is 2.34. The summed E-state index contributed by atoms with van der Waals surface area (Å²) in [5, 5.41) is 0.483. The van der Waals surface area contributed by atoms with Gasteiger partial charge in [-0.3, -0.25) is 4.79 Å². The number of amides is 1. The second-order valence-electron chi connectivity index (χ2n) is 8.62. The van der Waals surface area contributed by atoms with E-state index in [4.69, 9.17) is 16.3 Å². The number of anilines is 1. The van der Waals surface area contributed by atoms with E-state index in [-0.39, 0.29) is 36.4 Å². The van der Waals surface area contributed by atoms with E-state index in [2.05, 4.69) is 0 Å². The van der Waals surface area contributed by atoms with Crippen LogP contribution in [0.15, 0.2) is 77.7 Å². The summed E-state index contributed by atoms with van der Waals surface area (Å²) in [6, 6.07) is 21.6. The van der Waals surface area contributed by atoms with Crippen LogP contribution in [0.2, 0.25) is 5.02 Å². The molecule has 1 heterocycles. The quantitative estimate of drug-likeness (QED) is 0.488. The van der Waals surface area contributed by atoms with Crippen LogP contribution in [-0.4, -0.2) is 31.8 Å². The molecule has 34 heavy (non-hydrogen) atoms. The van der Waals surface area contributed by atoms with Crippen LogP contribution in [0.3, 0.4) is 0 Å². The fourth-order valence-corrected chi connectivity index (χ4v) is 5.65. The number of rotatable bonds is 6. The smallest absolute Gasteiger partial charge is 0.243 e. The molecule has 3 aromatic carbocycles. The van der Waals surface area contributed by atoms with Crippen molar-refractivity contribution in [3.8, 4) is 5.75 Å². The van der Waals surface area contributed by atoms with Crippen molar-refractivity contribution in [1.82, 2.24) is 4.31 Å². The van der Waals surface area contributed by atoms with Gasteiger partial charge in [0.1, 0.15) is 12.4 Å². The summed E-state index contributed by atoms with van der Waals surface area (Å²) in [6.45, 7) is 1.10. The Morgan fingerprint density at radius 3 is 2.47 bits per heavy atom. The zero-order valence-corrected chi connectivity index (χ0v) is 20.1. The standard InChI is InChI=1S/C26H25ClN2O4S/c27-22-9-11-24(12-10-22)34(31,32)28-14-15-33-25-13-6-19(16-21(25)18-28)17-29(26(30)20-7-8-20)23-4-2-1-3-5-23/h1-6,9-13,16,20H,7-8,14-15,17-18H2. The van der Waals surface area contributed by atoms with Gasteiger partial charge in [0.2, 0.25) is 15.9 Å². The molecular weight excluding hydrogens is 472 g/mol. The molecule has 0 radical (unpaired) electrons. The Morgan fingerprint density at radius 1 is 1.03 bits per heavy atom. The Bertz CT molecular complexity index is 1290. The summed E-state index contributed by atoms with van der Waals surface area (Å²) in [5.74, 6) is 0.881. The topological polar surface area (TPSA) is 66.9 Å². The van der Waals surface area contributed by atoms with Gasteiger partial charge in [0, 0.05) is 35.3 Å². The van der Waals surface area contributed by atoms with Crippen molar-refractivity contribution < 1.29 is 17.9 Å². The summed E-state index contributed by atoms with van der Waals surface area (Å²) in [5.41, 5.74) is 2.56. The van der Waals surface area contributed by atoms with Gasteiger partial charge < -0.3 is 9.64 Å². The van der Waals surface area contributed by atoms with Crippen LogP contribution in [0, 0.1) is 5.92 Å². The maximum absolute atomic E-state index is 13.3. The van der Waals surface area contributed by atoms with E-state index >= 15 is 0 Å². The number of carbonyl (C=O) groups excluding carboxylic acids is 1. The Balaban J connectivity index is 1.42. The minimum atomic E-state index is -3.71. The Kier molecular flexibility index (Phi) is 6.34. The third-order valence-electron chi connectivity index (χ3n) is 6.12. The minimum Gasteiger partial charge on any atom is -0.492 e. The molecule has 3 aromatic rings. The van der Waals surface area contributed by atoms with Crippen molar-refractivity contribution in [3.63, 3.8) is 0 Å². The number of hydrogen-bond donors (Lipinski definition) is 0. The van der Waals surface area contributed by atoms with Gasteiger partial charge in [0.25, 0.3) is 0 Å². The van der Waals surface area contributed by atoms with Crippen molar-refractivity contribution in [3.05, 3.63) is 88.9 Å². The predicted molar refractivity (Wildman–Crippen MR) is 131 cm³/mol. The van der Waals surface area contributed by atoms with Gasteiger partial charge in [-0.2, -0.15) is 4.31 Å². The van der Waals surface area contributed by atoms with E-state index in [1.807, 2.05) is 53.4 Å². The third-order valence-corrected chi connectivity index (χ3v) is 8.23. The van der Waals surface area contributed by atoms with Gasteiger partial charge >= 0.3 is 0 Å². The van der Waals surface area contributed by atoms with Crippen LogP contribution in [0.5, 0.6) is 5.75 Å². The second-order valence-corrected chi connectivity index (χ2v) is 11.0. The molecule has 0 bridgehead atoms. The number of halogens is 1. The first-order valence-corrected chi connectivity index (χ1v) is 13.1. The largest absolute Gasteiger partial charge is 0.492 e. The number of sulfonamides is 1. The lowest BCUT2D eigenvalue weighted by molar-refractivity contribution is -0.119. The fraction of sp³-hybridized carbons (Fsp3) is 0.269. The first kappa shape index (κ1) is 22.9. The molecule has 176 valence electrons. The lowest BCUT2D eigenvalue weighted by atomic mass is 10.1. The van der Waals surface area contributed by atoms with E-state index in [9.17, 15) is 13.2 Å². The Morgan fingerprint density at radius 2 is 1.76 bits per heavy atom. The zero-order chi connectivity index (χ0) is 23.7. The number of ether oxygens (including phenoxy) is 1. The van der Waals surface area contributed by atoms with Crippen molar-refractivity contribution in [2.45, 2.75) is 30.8 Å². The molecule has 0 saturated heterocycles. The molecule has 1 aliphatic carbocycles. The number of benzene rings is 3. The molecule has 8 heteroatoms. The Labute approximate surface area is 204 Å². The SMILES string of the molecule is O=C(C1CC1)N(Cc1ccc2c(c1)CN(S(=O)(=O)c1ccc(Cl)cc1)CCO2)c1ccccc1. The molecule has 0 N–H and O–H groups in total. The highest BCUT2D eigenvalue weighted by atomic mass is 35.5. The predicted octanol–water partition coefficient (Wildman–Crippen LogP) is 4.87. The number of hydrogen-bond acceptors (Lipinski definition) is 4. The molecule has 0 spiro atoms. The number of carbonyl (C=O) groups is 1. The van der Waals surface area contributed by atoms with E-state index in [1.165, 1.54) is 16.4 Å². The van der Waals surface area contributed by atoms with Gasteiger partial charge in [-0.25, -0.2) is 8.42 Å². The van der Waals surface area contributed by atoms with Crippen molar-refractivity contribution >= 4 is 33.2 Å². The maximum atomic E-state index is 13.3. The number of fused-ring (bicyclic) bond motifs is 1. The molecule has 5 rings (SSSR count). The molecule has 0 aromatic heterocycles. The van der Waals surface area contributed by atoms with Crippen molar-refractivity contribution in [1.29, 1.82) is 0 Å². The van der Waals surface area contributed by atoms with Crippen LogP contribution >= 0.6 is 11.6 Å². The highest BCUT2D eigenvalue weighted by molar-refractivity contribution is 7.89. The third kappa shape index (κ3) is 4.82. The average molecular weight is 497 g/mol. The molecule has 0 unspecified atom stereocenters. The first-order chi connectivity index (χ1) is 16.4. The van der Waals surface area contributed by atoms with E-state index in [0.717, 1.165) is 29.7 Å². The minimum absolute atomic E-state index is 0.0874. The van der Waals surface area contributed by atoms with Gasteiger partial charge in [0.15, 0.2) is 0 Å². The molecule has 1 saturated carbocycles. The van der Waals surface area contributed by atoms with Gasteiger partial charge in [-0.15, -0.1) is 0 Å². The molecular formula is C26H25ClN2O4S. The summed E-state index contributed by atoms with van der Waals surface area (Å²) >= 11 is 5.93. The molecule has 1 amide bonds. The van der Waals surface area contributed by atoms with Crippen LogP contribution in [0.25, 0.3) is 0 Å². The number of para-hydroxylation sites is 1. The lowest BCUT2D eigenvalue weighted by Crippen LogP contribution is -2.32. The second kappa shape index (κ2) is 9.41. The Hall–Kier alpha value is -2.87. The molecule has 2 aliphatic rings. The van der Waals surface area contributed by atoms with E-state index < -0.39 is 10.0 Å². The van der Waals surface area contributed by atoms with Crippen molar-refractivity contribution in [2.75, 3.05) is 18.1 Å². The fourth-order valence-electron chi connectivity index (χ4n) is 4.12. The van der Waals surface area contributed by atoms with Crippen LogP contribution < -0.4 is 9.64 Å². The number of nitrogens with zero attached hydrogens (tertiary/aromatic N) is 2. The molecule has 1 fully saturated rings.